The summed E-state index contributed by atoms with van der Waals surface area (Å²) in [7, 11) is -3.49. The second-order valence-electron chi connectivity index (χ2n) is 2.98. The van der Waals surface area contributed by atoms with Crippen molar-refractivity contribution in [3.8, 4) is 11.8 Å². The van der Waals surface area contributed by atoms with E-state index < -0.39 is 9.84 Å². The van der Waals surface area contributed by atoms with Crippen molar-refractivity contribution in [2.24, 2.45) is 0 Å². The van der Waals surface area contributed by atoms with Crippen LogP contribution in [0.1, 0.15) is 5.56 Å². The molecule has 0 saturated carbocycles. The summed E-state index contributed by atoms with van der Waals surface area (Å²) >= 11 is 0. The average molecular weight is 223 g/mol. The minimum atomic E-state index is -3.49. The third-order valence-corrected chi connectivity index (χ3v) is 2.71. The number of rotatable bonds is 2. The van der Waals surface area contributed by atoms with Crippen molar-refractivity contribution in [3.63, 3.8) is 0 Å². The Morgan fingerprint density at radius 3 is 2.33 bits per heavy atom. The molecule has 0 radical (unpaired) electrons. The molecule has 0 amide bonds. The summed E-state index contributed by atoms with van der Waals surface area (Å²) in [5, 5.41) is 17.6. The molecule has 1 aromatic carbocycles. The summed E-state index contributed by atoms with van der Waals surface area (Å²) in [6.07, 6.45) is 2.23. The fourth-order valence-electron chi connectivity index (χ4n) is 0.944. The molecule has 1 rings (SSSR count). The molecule has 0 aromatic heterocycles. The zero-order chi connectivity index (χ0) is 11.5. The van der Waals surface area contributed by atoms with Crippen LogP contribution in [-0.2, 0) is 9.84 Å². The quantitative estimate of drug-likeness (QED) is 0.766. The minimum absolute atomic E-state index is 0.0880. The molecule has 0 unspecified atom stereocenters. The molecule has 0 saturated heterocycles. The van der Waals surface area contributed by atoms with E-state index >= 15 is 0 Å². The lowest BCUT2D eigenvalue weighted by Gasteiger charge is -1.96. The zero-order valence-electron chi connectivity index (χ0n) is 8.01. The number of phenolic OH excluding ortho intramolecular Hbond substituents is 1. The van der Waals surface area contributed by atoms with E-state index in [1.165, 1.54) is 30.3 Å². The number of benzene rings is 1. The third kappa shape index (κ3) is 3.11. The van der Waals surface area contributed by atoms with Crippen molar-refractivity contribution < 1.29 is 13.5 Å². The van der Waals surface area contributed by atoms with Crippen LogP contribution < -0.4 is 0 Å². The summed E-state index contributed by atoms with van der Waals surface area (Å²) < 4.78 is 22.2. The van der Waals surface area contributed by atoms with Gasteiger partial charge in [0.25, 0.3) is 0 Å². The highest BCUT2D eigenvalue weighted by Gasteiger charge is 2.09. The van der Waals surface area contributed by atoms with Crippen LogP contribution in [0.2, 0.25) is 0 Å². The molecule has 1 N–H and O–H groups in total. The minimum Gasteiger partial charge on any atom is -0.508 e. The number of hydrogen-bond acceptors (Lipinski definition) is 4. The molecule has 0 aliphatic rings. The maximum absolute atomic E-state index is 11.1. The molecule has 0 fully saturated rings. The monoisotopic (exact) mass is 223 g/mol. The number of hydrogen-bond donors (Lipinski definition) is 1. The number of phenols is 1. The van der Waals surface area contributed by atoms with Crippen molar-refractivity contribution >= 4 is 15.9 Å². The molecular formula is C10H9NO3S. The summed E-state index contributed by atoms with van der Waals surface area (Å²) in [4.78, 5) is -0.298. The first-order valence-electron chi connectivity index (χ1n) is 4.04. The summed E-state index contributed by atoms with van der Waals surface area (Å²) in [6, 6.07) is 7.51. The molecule has 0 spiro atoms. The van der Waals surface area contributed by atoms with E-state index in [2.05, 4.69) is 0 Å². The van der Waals surface area contributed by atoms with Gasteiger partial charge in [0.15, 0.2) is 9.84 Å². The van der Waals surface area contributed by atoms with Gasteiger partial charge in [0.1, 0.15) is 16.7 Å². The van der Waals surface area contributed by atoms with Crippen LogP contribution >= 0.6 is 0 Å². The Hall–Kier alpha value is -1.80. The first kappa shape index (κ1) is 11.3. The van der Waals surface area contributed by atoms with Crippen molar-refractivity contribution in [2.75, 3.05) is 6.26 Å². The van der Waals surface area contributed by atoms with Gasteiger partial charge >= 0.3 is 0 Å². The molecule has 0 atom stereocenters. The second-order valence-corrected chi connectivity index (χ2v) is 4.97. The van der Waals surface area contributed by atoms with Gasteiger partial charge in [-0.2, -0.15) is 5.26 Å². The number of sulfone groups is 1. The van der Waals surface area contributed by atoms with Crippen molar-refractivity contribution in [2.45, 2.75) is 0 Å². The molecule has 15 heavy (non-hydrogen) atoms. The fraction of sp³-hybridized carbons (Fsp3) is 0.100. The van der Waals surface area contributed by atoms with Gasteiger partial charge in [-0.3, -0.25) is 0 Å². The van der Waals surface area contributed by atoms with Crippen LogP contribution in [0.4, 0.5) is 0 Å². The Bertz CT molecular complexity index is 521. The van der Waals surface area contributed by atoms with E-state index in [0.717, 1.165) is 6.26 Å². The highest BCUT2D eigenvalue weighted by molar-refractivity contribution is 7.95. The highest BCUT2D eigenvalue weighted by atomic mass is 32.2. The van der Waals surface area contributed by atoms with E-state index in [-0.39, 0.29) is 10.7 Å². The standard InChI is InChI=1S/C10H9NO3S/c1-15(13,14)10(7-11)6-8-2-4-9(12)5-3-8/h2-6,12H,1H3. The Morgan fingerprint density at radius 1 is 1.40 bits per heavy atom. The van der Waals surface area contributed by atoms with E-state index in [4.69, 9.17) is 10.4 Å². The van der Waals surface area contributed by atoms with Crippen LogP contribution in [0.25, 0.3) is 6.08 Å². The predicted molar refractivity (Wildman–Crippen MR) is 56.5 cm³/mol. The van der Waals surface area contributed by atoms with Crippen LogP contribution in [-0.4, -0.2) is 19.8 Å². The molecule has 0 aliphatic carbocycles. The topological polar surface area (TPSA) is 78.2 Å². The number of nitrogens with zero attached hydrogens (tertiary/aromatic N) is 1. The number of nitriles is 1. The number of aromatic hydroxyl groups is 1. The predicted octanol–water partition coefficient (Wildman–Crippen LogP) is 1.30. The fourth-order valence-corrected chi connectivity index (χ4v) is 1.46. The molecular weight excluding hydrogens is 214 g/mol. The second kappa shape index (κ2) is 4.15. The maximum atomic E-state index is 11.1. The number of allylic oxidation sites excluding steroid dienone is 1. The lowest BCUT2D eigenvalue weighted by Crippen LogP contribution is -1.98. The van der Waals surface area contributed by atoms with Crippen LogP contribution in [0, 0.1) is 11.3 Å². The van der Waals surface area contributed by atoms with Gasteiger partial charge in [0.05, 0.1) is 0 Å². The normalized spacial score (nSPS) is 12.1. The largest absolute Gasteiger partial charge is 0.508 e. The molecule has 1 aromatic rings. The Balaban J connectivity index is 3.17. The van der Waals surface area contributed by atoms with Gasteiger partial charge < -0.3 is 5.11 Å². The van der Waals surface area contributed by atoms with Crippen LogP contribution in [0.5, 0.6) is 5.75 Å². The first-order valence-corrected chi connectivity index (χ1v) is 5.93. The molecule has 0 heterocycles. The van der Waals surface area contributed by atoms with Crippen molar-refractivity contribution in [3.05, 3.63) is 34.7 Å². The lowest BCUT2D eigenvalue weighted by molar-refractivity contribution is 0.475. The lowest BCUT2D eigenvalue weighted by atomic mass is 10.2. The van der Waals surface area contributed by atoms with Crippen LogP contribution in [0.3, 0.4) is 0 Å². The van der Waals surface area contributed by atoms with Gasteiger partial charge in [0.2, 0.25) is 0 Å². The third-order valence-electron chi connectivity index (χ3n) is 1.70. The van der Waals surface area contributed by atoms with E-state index in [0.29, 0.717) is 5.56 Å². The maximum Gasteiger partial charge on any atom is 0.185 e. The van der Waals surface area contributed by atoms with E-state index in [1.54, 1.807) is 6.07 Å². The zero-order valence-corrected chi connectivity index (χ0v) is 8.82. The molecule has 78 valence electrons. The van der Waals surface area contributed by atoms with Gasteiger partial charge in [-0.15, -0.1) is 0 Å². The van der Waals surface area contributed by atoms with Crippen molar-refractivity contribution in [1.29, 1.82) is 5.26 Å². The molecule has 0 bridgehead atoms. The van der Waals surface area contributed by atoms with Gasteiger partial charge in [0, 0.05) is 6.26 Å². The van der Waals surface area contributed by atoms with E-state index in [1.807, 2.05) is 0 Å². The Labute approximate surface area is 88.0 Å². The summed E-state index contributed by atoms with van der Waals surface area (Å²) in [5.74, 6) is 0.0880. The smallest absolute Gasteiger partial charge is 0.185 e. The average Bonchev–Trinajstić information content (AvgIpc) is 2.15. The van der Waals surface area contributed by atoms with E-state index in [9.17, 15) is 8.42 Å². The van der Waals surface area contributed by atoms with Crippen molar-refractivity contribution in [1.82, 2.24) is 0 Å². The molecule has 5 heteroatoms. The molecule has 4 nitrogen and oxygen atoms in total. The highest BCUT2D eigenvalue weighted by Crippen LogP contribution is 2.14. The summed E-state index contributed by atoms with van der Waals surface area (Å²) in [5.41, 5.74) is 0.551. The first-order chi connectivity index (χ1) is 6.93. The Kier molecular flexibility index (Phi) is 3.12. The van der Waals surface area contributed by atoms with Crippen LogP contribution in [0.15, 0.2) is 29.2 Å². The molecule has 0 aliphatic heterocycles. The van der Waals surface area contributed by atoms with Gasteiger partial charge in [-0.1, -0.05) is 12.1 Å². The SMILES string of the molecule is CS(=O)(=O)C(C#N)=Cc1ccc(O)cc1. The van der Waals surface area contributed by atoms with Gasteiger partial charge in [-0.25, -0.2) is 8.42 Å². The summed E-state index contributed by atoms with van der Waals surface area (Å²) in [6.45, 7) is 0. The Morgan fingerprint density at radius 2 is 1.93 bits per heavy atom. The van der Waals surface area contributed by atoms with Gasteiger partial charge in [-0.05, 0) is 23.8 Å².